The van der Waals surface area contributed by atoms with Crippen LogP contribution in [0.2, 0.25) is 0 Å². The van der Waals surface area contributed by atoms with Gasteiger partial charge in [-0.3, -0.25) is 4.79 Å². The van der Waals surface area contributed by atoms with E-state index in [1.165, 1.54) is 5.56 Å². The molecule has 0 fully saturated rings. The van der Waals surface area contributed by atoms with Crippen LogP contribution in [0.3, 0.4) is 0 Å². The predicted molar refractivity (Wildman–Crippen MR) is 100 cm³/mol. The minimum absolute atomic E-state index is 0.230. The standard InChI is InChI=1S/C19H16BrN3O/c20-15-6-8-16(9-7-15)23-19(24)18-11-10-17(13-22-18)21-12-14-4-2-1-3-5-14/h1-11,13,21H,12H2,(H,23,24). The van der Waals surface area contributed by atoms with Crippen molar-refractivity contribution in [3.63, 3.8) is 0 Å². The molecule has 1 amide bonds. The normalized spacial score (nSPS) is 10.2. The first-order valence-electron chi connectivity index (χ1n) is 7.51. The van der Waals surface area contributed by atoms with Gasteiger partial charge in [0.1, 0.15) is 5.69 Å². The number of carbonyl (C=O) groups excluding carboxylic acids is 1. The Balaban J connectivity index is 1.59. The molecule has 0 bridgehead atoms. The smallest absolute Gasteiger partial charge is 0.274 e. The number of amides is 1. The van der Waals surface area contributed by atoms with Gasteiger partial charge in [-0.05, 0) is 42.0 Å². The van der Waals surface area contributed by atoms with Gasteiger partial charge in [0.05, 0.1) is 11.9 Å². The number of nitrogens with one attached hydrogen (secondary N) is 2. The SMILES string of the molecule is O=C(Nc1ccc(Br)cc1)c1ccc(NCc2ccccc2)cn1. The molecule has 0 aliphatic carbocycles. The summed E-state index contributed by atoms with van der Waals surface area (Å²) in [6.07, 6.45) is 1.67. The van der Waals surface area contributed by atoms with Gasteiger partial charge in [-0.2, -0.15) is 0 Å². The van der Waals surface area contributed by atoms with Crippen molar-refractivity contribution in [2.24, 2.45) is 0 Å². The molecule has 120 valence electrons. The molecule has 0 unspecified atom stereocenters. The Kier molecular flexibility index (Phi) is 5.23. The van der Waals surface area contributed by atoms with Crippen LogP contribution in [-0.2, 0) is 6.54 Å². The average molecular weight is 382 g/mol. The van der Waals surface area contributed by atoms with Crippen molar-refractivity contribution in [1.82, 2.24) is 4.98 Å². The molecule has 0 aliphatic heterocycles. The third-order valence-corrected chi connectivity index (χ3v) is 3.97. The Morgan fingerprint density at radius 1 is 0.917 bits per heavy atom. The highest BCUT2D eigenvalue weighted by molar-refractivity contribution is 9.10. The van der Waals surface area contributed by atoms with Gasteiger partial charge in [-0.25, -0.2) is 4.98 Å². The fourth-order valence-electron chi connectivity index (χ4n) is 2.16. The molecule has 0 saturated carbocycles. The van der Waals surface area contributed by atoms with E-state index in [2.05, 4.69) is 43.7 Å². The lowest BCUT2D eigenvalue weighted by atomic mass is 10.2. The number of carbonyl (C=O) groups is 1. The summed E-state index contributed by atoms with van der Waals surface area (Å²) in [6, 6.07) is 21.1. The summed E-state index contributed by atoms with van der Waals surface area (Å²) < 4.78 is 0.965. The van der Waals surface area contributed by atoms with Crippen molar-refractivity contribution < 1.29 is 4.79 Å². The number of nitrogens with zero attached hydrogens (tertiary/aromatic N) is 1. The Morgan fingerprint density at radius 3 is 2.29 bits per heavy atom. The van der Waals surface area contributed by atoms with E-state index in [-0.39, 0.29) is 5.91 Å². The van der Waals surface area contributed by atoms with Crippen molar-refractivity contribution in [1.29, 1.82) is 0 Å². The minimum atomic E-state index is -0.230. The topological polar surface area (TPSA) is 54.0 Å². The first-order valence-corrected chi connectivity index (χ1v) is 8.31. The second kappa shape index (κ2) is 7.75. The van der Waals surface area contributed by atoms with E-state index in [4.69, 9.17) is 0 Å². The second-order valence-corrected chi connectivity index (χ2v) is 6.15. The molecule has 3 aromatic rings. The molecule has 24 heavy (non-hydrogen) atoms. The van der Waals surface area contributed by atoms with E-state index < -0.39 is 0 Å². The van der Waals surface area contributed by atoms with Crippen LogP contribution in [0.25, 0.3) is 0 Å². The van der Waals surface area contributed by atoms with Gasteiger partial charge in [0.15, 0.2) is 0 Å². The molecule has 5 heteroatoms. The van der Waals surface area contributed by atoms with E-state index in [1.807, 2.05) is 48.5 Å². The molecule has 1 heterocycles. The summed E-state index contributed by atoms with van der Waals surface area (Å²) in [5.41, 5.74) is 3.17. The van der Waals surface area contributed by atoms with E-state index in [0.29, 0.717) is 12.2 Å². The molecule has 3 rings (SSSR count). The number of hydrogen-bond acceptors (Lipinski definition) is 3. The molecule has 0 spiro atoms. The number of halogens is 1. The first kappa shape index (κ1) is 16.2. The fraction of sp³-hybridized carbons (Fsp3) is 0.0526. The summed E-state index contributed by atoms with van der Waals surface area (Å²) >= 11 is 3.36. The summed E-state index contributed by atoms with van der Waals surface area (Å²) in [4.78, 5) is 16.4. The third-order valence-electron chi connectivity index (χ3n) is 3.44. The molecule has 0 atom stereocenters. The lowest BCUT2D eigenvalue weighted by Crippen LogP contribution is -2.13. The average Bonchev–Trinajstić information content (AvgIpc) is 2.63. The Bertz CT molecular complexity index is 802. The quantitative estimate of drug-likeness (QED) is 0.672. The molecule has 0 radical (unpaired) electrons. The monoisotopic (exact) mass is 381 g/mol. The van der Waals surface area contributed by atoms with Gasteiger partial charge < -0.3 is 10.6 Å². The maximum Gasteiger partial charge on any atom is 0.274 e. The summed E-state index contributed by atoms with van der Waals surface area (Å²) in [6.45, 7) is 0.715. The van der Waals surface area contributed by atoms with Crippen LogP contribution in [0.1, 0.15) is 16.1 Å². The largest absolute Gasteiger partial charge is 0.380 e. The van der Waals surface area contributed by atoms with Gasteiger partial charge in [-0.1, -0.05) is 46.3 Å². The molecule has 0 aliphatic rings. The van der Waals surface area contributed by atoms with Gasteiger partial charge >= 0.3 is 0 Å². The number of rotatable bonds is 5. The van der Waals surface area contributed by atoms with E-state index in [9.17, 15) is 4.79 Å². The molecule has 2 N–H and O–H groups in total. The molecule has 1 aromatic heterocycles. The van der Waals surface area contributed by atoms with Gasteiger partial charge in [0.25, 0.3) is 5.91 Å². The van der Waals surface area contributed by atoms with E-state index >= 15 is 0 Å². The van der Waals surface area contributed by atoms with Crippen LogP contribution in [0, 0.1) is 0 Å². The summed E-state index contributed by atoms with van der Waals surface area (Å²) in [7, 11) is 0. The van der Waals surface area contributed by atoms with Crippen LogP contribution in [-0.4, -0.2) is 10.9 Å². The van der Waals surface area contributed by atoms with Crippen LogP contribution in [0.5, 0.6) is 0 Å². The minimum Gasteiger partial charge on any atom is -0.380 e. The number of hydrogen-bond donors (Lipinski definition) is 2. The third kappa shape index (κ3) is 4.43. The molecule has 4 nitrogen and oxygen atoms in total. The van der Waals surface area contributed by atoms with Crippen molar-refractivity contribution >= 4 is 33.2 Å². The van der Waals surface area contributed by atoms with Gasteiger partial charge in [-0.15, -0.1) is 0 Å². The zero-order valence-electron chi connectivity index (χ0n) is 12.9. The molecule has 2 aromatic carbocycles. The number of benzene rings is 2. The van der Waals surface area contributed by atoms with Crippen LogP contribution in [0.4, 0.5) is 11.4 Å². The van der Waals surface area contributed by atoms with Crippen molar-refractivity contribution in [2.45, 2.75) is 6.54 Å². The lowest BCUT2D eigenvalue weighted by Gasteiger charge is -2.08. The maximum atomic E-state index is 12.2. The van der Waals surface area contributed by atoms with E-state index in [1.54, 1.807) is 12.3 Å². The second-order valence-electron chi connectivity index (χ2n) is 5.23. The molecular formula is C19H16BrN3O. The highest BCUT2D eigenvalue weighted by atomic mass is 79.9. The summed E-state index contributed by atoms with van der Waals surface area (Å²) in [5, 5.41) is 6.10. The van der Waals surface area contributed by atoms with Crippen LogP contribution in [0.15, 0.2) is 77.4 Å². The fourth-order valence-corrected chi connectivity index (χ4v) is 2.43. The van der Waals surface area contributed by atoms with E-state index in [0.717, 1.165) is 15.8 Å². The highest BCUT2D eigenvalue weighted by Crippen LogP contribution is 2.15. The zero-order chi connectivity index (χ0) is 16.8. The summed E-state index contributed by atoms with van der Waals surface area (Å²) in [5.74, 6) is -0.230. The van der Waals surface area contributed by atoms with Gasteiger partial charge in [0, 0.05) is 16.7 Å². The number of pyridine rings is 1. The van der Waals surface area contributed by atoms with Crippen molar-refractivity contribution in [3.8, 4) is 0 Å². The Labute approximate surface area is 149 Å². The molecular weight excluding hydrogens is 366 g/mol. The lowest BCUT2D eigenvalue weighted by molar-refractivity contribution is 0.102. The maximum absolute atomic E-state index is 12.2. The number of aromatic nitrogens is 1. The first-order chi connectivity index (χ1) is 11.7. The van der Waals surface area contributed by atoms with Crippen LogP contribution < -0.4 is 10.6 Å². The van der Waals surface area contributed by atoms with Gasteiger partial charge in [0.2, 0.25) is 0 Å². The Morgan fingerprint density at radius 2 is 1.62 bits per heavy atom. The van der Waals surface area contributed by atoms with Crippen molar-refractivity contribution in [2.75, 3.05) is 10.6 Å². The van der Waals surface area contributed by atoms with Crippen molar-refractivity contribution in [3.05, 3.63) is 88.7 Å². The zero-order valence-corrected chi connectivity index (χ0v) is 14.5. The number of anilines is 2. The highest BCUT2D eigenvalue weighted by Gasteiger charge is 2.07. The molecule has 0 saturated heterocycles. The Hall–Kier alpha value is -2.66. The van der Waals surface area contributed by atoms with Crippen LogP contribution >= 0.6 is 15.9 Å². The predicted octanol–water partition coefficient (Wildman–Crippen LogP) is 4.71.